The highest BCUT2D eigenvalue weighted by atomic mass is 16.2. The molecule has 1 aromatic heterocycles. The Balaban J connectivity index is 1.39. The van der Waals surface area contributed by atoms with Crippen molar-refractivity contribution in [1.82, 2.24) is 20.4 Å². The van der Waals surface area contributed by atoms with Gasteiger partial charge in [-0.2, -0.15) is 5.10 Å². The van der Waals surface area contributed by atoms with Crippen LogP contribution in [0.5, 0.6) is 0 Å². The van der Waals surface area contributed by atoms with Crippen molar-refractivity contribution in [1.29, 1.82) is 0 Å². The molecule has 7 nitrogen and oxygen atoms in total. The van der Waals surface area contributed by atoms with Crippen molar-refractivity contribution in [2.75, 3.05) is 5.32 Å². The Bertz CT molecular complexity index is 1010. The highest BCUT2D eigenvalue weighted by Crippen LogP contribution is 2.27. The van der Waals surface area contributed by atoms with Crippen molar-refractivity contribution in [2.45, 2.75) is 26.6 Å². The molecule has 1 aliphatic heterocycles. The molecule has 0 fully saturated rings. The fourth-order valence-corrected chi connectivity index (χ4v) is 3.27. The Morgan fingerprint density at radius 3 is 2.61 bits per heavy atom. The van der Waals surface area contributed by atoms with Crippen LogP contribution in [0.4, 0.5) is 10.6 Å². The minimum atomic E-state index is -0.209. The second-order valence-electron chi connectivity index (χ2n) is 6.80. The topological polar surface area (TPSA) is 90.1 Å². The van der Waals surface area contributed by atoms with E-state index in [4.69, 9.17) is 0 Å². The van der Waals surface area contributed by atoms with E-state index in [0.29, 0.717) is 31.0 Å². The van der Waals surface area contributed by atoms with Crippen molar-refractivity contribution in [3.8, 4) is 0 Å². The quantitative estimate of drug-likeness (QED) is 0.654. The first-order chi connectivity index (χ1) is 13.6. The predicted molar refractivity (Wildman–Crippen MR) is 106 cm³/mol. The minimum Gasteiger partial charge on any atom is -0.334 e. The molecule has 0 radical (unpaired) electrons. The number of carbonyl (C=O) groups excluding carboxylic acids is 2. The Morgan fingerprint density at radius 1 is 1.07 bits per heavy atom. The summed E-state index contributed by atoms with van der Waals surface area (Å²) in [4.78, 5) is 26.7. The Hall–Kier alpha value is -3.61. The summed E-state index contributed by atoms with van der Waals surface area (Å²) in [6, 6.07) is 17.0. The fraction of sp³-hybridized carbons (Fsp3) is 0.190. The first kappa shape index (κ1) is 17.8. The number of rotatable bonds is 4. The Labute approximate surface area is 162 Å². The van der Waals surface area contributed by atoms with Gasteiger partial charge in [0, 0.05) is 17.7 Å². The van der Waals surface area contributed by atoms with Crippen LogP contribution in [0.1, 0.15) is 32.7 Å². The number of urea groups is 1. The number of H-pyrrole nitrogens is 1. The van der Waals surface area contributed by atoms with Gasteiger partial charge in [0.2, 0.25) is 0 Å². The molecule has 3 aromatic rings. The summed E-state index contributed by atoms with van der Waals surface area (Å²) in [5, 5.41) is 12.9. The van der Waals surface area contributed by atoms with Crippen LogP contribution >= 0.6 is 0 Å². The van der Waals surface area contributed by atoms with Crippen LogP contribution in [0, 0.1) is 6.92 Å². The van der Waals surface area contributed by atoms with Gasteiger partial charge in [-0.1, -0.05) is 48.5 Å². The summed E-state index contributed by atoms with van der Waals surface area (Å²) in [6.45, 7) is 3.20. The average Bonchev–Trinajstić information content (AvgIpc) is 3.29. The van der Waals surface area contributed by atoms with E-state index in [2.05, 4.69) is 20.8 Å². The molecular formula is C21H21N5O2. The second kappa shape index (κ2) is 7.56. The van der Waals surface area contributed by atoms with E-state index in [9.17, 15) is 9.59 Å². The number of hydrogen-bond donors (Lipinski definition) is 3. The van der Waals surface area contributed by atoms with Crippen LogP contribution in [0.15, 0.2) is 54.6 Å². The zero-order valence-electron chi connectivity index (χ0n) is 15.5. The number of anilines is 1. The molecule has 2 heterocycles. The number of hydrogen-bond acceptors (Lipinski definition) is 3. The molecule has 7 heteroatoms. The number of fused-ring (bicyclic) bond motifs is 1. The van der Waals surface area contributed by atoms with Gasteiger partial charge in [0.05, 0.1) is 18.8 Å². The van der Waals surface area contributed by atoms with Gasteiger partial charge in [-0.15, -0.1) is 0 Å². The largest absolute Gasteiger partial charge is 0.334 e. The van der Waals surface area contributed by atoms with Crippen LogP contribution < -0.4 is 10.6 Å². The first-order valence-electron chi connectivity index (χ1n) is 9.11. The molecule has 2 aromatic carbocycles. The average molecular weight is 375 g/mol. The molecule has 0 unspecified atom stereocenters. The van der Waals surface area contributed by atoms with E-state index in [-0.39, 0.29) is 11.9 Å². The third kappa shape index (κ3) is 3.59. The molecule has 0 aliphatic carbocycles. The minimum absolute atomic E-state index is 0.148. The lowest BCUT2D eigenvalue weighted by Gasteiger charge is -2.17. The van der Waals surface area contributed by atoms with Gasteiger partial charge >= 0.3 is 6.03 Å². The van der Waals surface area contributed by atoms with Crippen molar-refractivity contribution in [2.24, 2.45) is 0 Å². The number of benzene rings is 2. The van der Waals surface area contributed by atoms with Crippen molar-refractivity contribution in [3.63, 3.8) is 0 Å². The molecule has 3 N–H and O–H groups in total. The molecule has 0 spiro atoms. The summed E-state index contributed by atoms with van der Waals surface area (Å²) >= 11 is 0. The summed E-state index contributed by atoms with van der Waals surface area (Å²) in [5.74, 6) is 0.265. The maximum atomic E-state index is 12.5. The molecule has 3 amide bonds. The molecule has 0 saturated heterocycles. The lowest BCUT2D eigenvalue weighted by atomic mass is 10.1. The maximum absolute atomic E-state index is 12.5. The number of aromatic amines is 1. The third-order valence-electron chi connectivity index (χ3n) is 4.85. The van der Waals surface area contributed by atoms with E-state index in [0.717, 1.165) is 22.4 Å². The normalized spacial score (nSPS) is 12.5. The van der Waals surface area contributed by atoms with Crippen LogP contribution in [0.2, 0.25) is 0 Å². The number of nitrogens with zero attached hydrogens (tertiary/aromatic N) is 2. The number of carbonyl (C=O) groups is 2. The molecule has 0 bridgehead atoms. The van der Waals surface area contributed by atoms with Gasteiger partial charge in [0.15, 0.2) is 5.82 Å². The maximum Gasteiger partial charge on any atom is 0.318 e. The summed E-state index contributed by atoms with van der Waals surface area (Å²) in [7, 11) is 0. The smallest absolute Gasteiger partial charge is 0.318 e. The van der Waals surface area contributed by atoms with E-state index < -0.39 is 0 Å². The SMILES string of the molecule is Cc1ccccc1C(=O)Nc1n[nH]c2c1CN(C(=O)NCc1ccccc1)C2. The Kier molecular flexibility index (Phi) is 4.80. The van der Waals surface area contributed by atoms with Crippen molar-refractivity contribution >= 4 is 17.8 Å². The lowest BCUT2D eigenvalue weighted by molar-refractivity contribution is 0.102. The molecule has 1 aliphatic rings. The lowest BCUT2D eigenvalue weighted by Crippen LogP contribution is -2.36. The van der Waals surface area contributed by atoms with E-state index in [1.54, 1.807) is 11.0 Å². The van der Waals surface area contributed by atoms with Gasteiger partial charge in [-0.05, 0) is 24.1 Å². The van der Waals surface area contributed by atoms with E-state index >= 15 is 0 Å². The second-order valence-corrected chi connectivity index (χ2v) is 6.80. The van der Waals surface area contributed by atoms with E-state index in [1.165, 1.54) is 0 Å². The zero-order chi connectivity index (χ0) is 19.5. The molecule has 28 heavy (non-hydrogen) atoms. The summed E-state index contributed by atoms with van der Waals surface area (Å²) in [6.07, 6.45) is 0. The van der Waals surface area contributed by atoms with Crippen LogP contribution in [-0.2, 0) is 19.6 Å². The van der Waals surface area contributed by atoms with Crippen LogP contribution in [0.25, 0.3) is 0 Å². The zero-order valence-corrected chi connectivity index (χ0v) is 15.5. The van der Waals surface area contributed by atoms with Gasteiger partial charge in [-0.3, -0.25) is 9.89 Å². The molecule has 142 valence electrons. The summed E-state index contributed by atoms with van der Waals surface area (Å²) < 4.78 is 0. The molecule has 0 saturated carbocycles. The Morgan fingerprint density at radius 2 is 1.82 bits per heavy atom. The van der Waals surface area contributed by atoms with Gasteiger partial charge in [0.25, 0.3) is 5.91 Å². The molecule has 4 rings (SSSR count). The van der Waals surface area contributed by atoms with Crippen molar-refractivity contribution < 1.29 is 9.59 Å². The van der Waals surface area contributed by atoms with Gasteiger partial charge in [-0.25, -0.2) is 4.79 Å². The fourth-order valence-electron chi connectivity index (χ4n) is 3.27. The number of aryl methyl sites for hydroxylation is 1. The van der Waals surface area contributed by atoms with E-state index in [1.807, 2.05) is 55.5 Å². The van der Waals surface area contributed by atoms with Gasteiger partial charge < -0.3 is 15.5 Å². The van der Waals surface area contributed by atoms with Crippen LogP contribution in [-0.4, -0.2) is 27.0 Å². The first-order valence-corrected chi connectivity index (χ1v) is 9.11. The predicted octanol–water partition coefficient (Wildman–Crippen LogP) is 3.20. The molecule has 0 atom stereocenters. The monoisotopic (exact) mass is 375 g/mol. The highest BCUT2D eigenvalue weighted by molar-refractivity contribution is 6.05. The third-order valence-corrected chi connectivity index (χ3v) is 4.85. The number of aromatic nitrogens is 2. The number of nitrogens with one attached hydrogen (secondary N) is 3. The van der Waals surface area contributed by atoms with Crippen molar-refractivity contribution in [3.05, 3.63) is 82.5 Å². The summed E-state index contributed by atoms with van der Waals surface area (Å²) in [5.41, 5.74) is 4.23. The van der Waals surface area contributed by atoms with Gasteiger partial charge in [0.1, 0.15) is 0 Å². The number of amides is 3. The highest BCUT2D eigenvalue weighted by Gasteiger charge is 2.29. The van der Waals surface area contributed by atoms with Crippen LogP contribution in [0.3, 0.4) is 0 Å². The standard InChI is InChI=1S/C21H21N5O2/c1-14-7-5-6-10-16(14)20(27)23-19-17-12-26(13-18(17)24-25-19)21(28)22-11-15-8-3-2-4-9-15/h2-10H,11-13H2,1H3,(H,22,28)(H2,23,24,25,27). The molecular weight excluding hydrogens is 354 g/mol.